The molecule has 6 aromatic rings. The topological polar surface area (TPSA) is 180 Å². The second-order valence-corrected chi connectivity index (χ2v) is 18.8. The summed E-state index contributed by atoms with van der Waals surface area (Å²) in [7, 11) is 2.60. The van der Waals surface area contributed by atoms with E-state index in [1.54, 1.807) is 0 Å². The lowest BCUT2D eigenvalue weighted by Gasteiger charge is -2.30. The molecule has 9 rings (SSSR count). The average molecular weight is 920 g/mol. The van der Waals surface area contributed by atoms with Gasteiger partial charge in [-0.25, -0.2) is 19.6 Å². The number of ether oxygens (including phenoxy) is 2. The highest BCUT2D eigenvalue weighted by atomic mass is 16.5. The molecule has 15 heteroatoms. The summed E-state index contributed by atoms with van der Waals surface area (Å²) in [5.74, 6) is 0.951. The fourth-order valence-electron chi connectivity index (χ4n) is 10.4. The van der Waals surface area contributed by atoms with E-state index in [1.807, 2.05) is 49.9 Å². The zero-order valence-electron chi connectivity index (χ0n) is 39.6. The molecular weight excluding hydrogens is 859 g/mol. The van der Waals surface area contributed by atoms with Crippen molar-refractivity contribution in [2.75, 3.05) is 27.3 Å². The zero-order chi connectivity index (χ0) is 47.6. The van der Waals surface area contributed by atoms with Crippen molar-refractivity contribution in [2.24, 2.45) is 11.8 Å². The SMILES string of the molecule is COC(=O)N[C@H](C(=O)N1CCC[C@H]1c1ncc(-c2ccc(-c3ccc(-c4ccc(-c5cnc([C@@H]6CCCN6C(=O)[C@@H](NC(=O)OC)C(C)C)[nH]5)cc4)n3C3CCc4ccccc43)cc2)[nH]1)C(C)C. The highest BCUT2D eigenvalue weighted by Crippen LogP contribution is 2.42. The summed E-state index contributed by atoms with van der Waals surface area (Å²) in [6.45, 7) is 8.83. The van der Waals surface area contributed by atoms with Crippen LogP contribution in [-0.2, 0) is 25.5 Å². The Hall–Kier alpha value is -7.16. The maximum atomic E-state index is 13.7. The number of carbonyl (C=O) groups excluding carboxylic acids is 4. The van der Waals surface area contributed by atoms with Gasteiger partial charge in [-0.15, -0.1) is 0 Å². The zero-order valence-corrected chi connectivity index (χ0v) is 39.6. The number of methoxy groups -OCH3 is 2. The van der Waals surface area contributed by atoms with Crippen LogP contribution < -0.4 is 10.6 Å². The summed E-state index contributed by atoms with van der Waals surface area (Å²) >= 11 is 0. The molecule has 4 N–H and O–H groups in total. The number of benzene rings is 3. The van der Waals surface area contributed by atoms with E-state index in [1.165, 1.54) is 25.3 Å². The molecule has 0 radical (unpaired) electrons. The number of aromatic nitrogens is 5. The molecule has 68 heavy (non-hydrogen) atoms. The number of nitrogens with zero attached hydrogens (tertiary/aromatic N) is 5. The van der Waals surface area contributed by atoms with Gasteiger partial charge in [0, 0.05) is 24.5 Å². The first-order valence-electron chi connectivity index (χ1n) is 23.8. The maximum Gasteiger partial charge on any atom is 0.407 e. The van der Waals surface area contributed by atoms with Crippen LogP contribution >= 0.6 is 0 Å². The van der Waals surface area contributed by atoms with E-state index in [0.29, 0.717) is 13.1 Å². The average Bonchev–Trinajstić information content (AvgIpc) is 4.21. The Labute approximate surface area is 397 Å². The van der Waals surface area contributed by atoms with Gasteiger partial charge in [0.05, 0.1) is 56.1 Å². The largest absolute Gasteiger partial charge is 0.453 e. The van der Waals surface area contributed by atoms with Gasteiger partial charge in [-0.3, -0.25) is 9.59 Å². The van der Waals surface area contributed by atoms with Crippen molar-refractivity contribution in [3.05, 3.63) is 120 Å². The predicted octanol–water partition coefficient (Wildman–Crippen LogP) is 9.23. The van der Waals surface area contributed by atoms with E-state index >= 15 is 0 Å². The van der Waals surface area contributed by atoms with Crippen molar-refractivity contribution >= 4 is 24.0 Å². The molecule has 5 atom stereocenters. The van der Waals surface area contributed by atoms with Gasteiger partial charge in [-0.05, 0) is 95.9 Å². The van der Waals surface area contributed by atoms with Crippen LogP contribution in [0.2, 0.25) is 0 Å². The number of hydrogen-bond acceptors (Lipinski definition) is 8. The molecule has 15 nitrogen and oxygen atoms in total. The van der Waals surface area contributed by atoms with Crippen molar-refractivity contribution in [1.82, 2.24) is 44.9 Å². The number of likely N-dealkylation sites (tertiary alicyclic amines) is 2. The number of alkyl carbamates (subject to hydrolysis) is 2. The molecule has 1 aliphatic carbocycles. The number of aryl methyl sites for hydroxylation is 1. The summed E-state index contributed by atoms with van der Waals surface area (Å²) in [6.07, 6.45) is 7.66. The van der Waals surface area contributed by atoms with E-state index in [9.17, 15) is 19.2 Å². The van der Waals surface area contributed by atoms with E-state index < -0.39 is 24.3 Å². The Balaban J connectivity index is 0.957. The number of amides is 4. The number of rotatable bonds is 13. The van der Waals surface area contributed by atoms with Crippen molar-refractivity contribution in [2.45, 2.75) is 96.4 Å². The van der Waals surface area contributed by atoms with Crippen LogP contribution in [0.15, 0.2) is 97.3 Å². The highest BCUT2D eigenvalue weighted by molar-refractivity contribution is 5.87. The fraction of sp³-hybridized carbons (Fsp3) is 0.396. The molecule has 3 aromatic carbocycles. The Kier molecular flexibility index (Phi) is 13.2. The van der Waals surface area contributed by atoms with Gasteiger partial charge in [-0.1, -0.05) is 100 Å². The van der Waals surface area contributed by atoms with Gasteiger partial charge in [-0.2, -0.15) is 0 Å². The summed E-state index contributed by atoms with van der Waals surface area (Å²) < 4.78 is 12.1. The van der Waals surface area contributed by atoms with Gasteiger partial charge in [0.1, 0.15) is 23.7 Å². The van der Waals surface area contributed by atoms with Crippen molar-refractivity contribution < 1.29 is 28.7 Å². The summed E-state index contributed by atoms with van der Waals surface area (Å²) in [5.41, 5.74) is 10.9. The van der Waals surface area contributed by atoms with Crippen molar-refractivity contribution in [3.63, 3.8) is 0 Å². The fourth-order valence-corrected chi connectivity index (χ4v) is 10.4. The number of fused-ring (bicyclic) bond motifs is 1. The Bertz CT molecular complexity index is 2610. The quantitative estimate of drug-likeness (QED) is 0.0885. The van der Waals surface area contributed by atoms with Crippen LogP contribution in [0.25, 0.3) is 45.0 Å². The van der Waals surface area contributed by atoms with Crippen LogP contribution in [0.5, 0.6) is 0 Å². The summed E-state index contributed by atoms with van der Waals surface area (Å²) in [6, 6.07) is 28.7. The lowest BCUT2D eigenvalue weighted by atomic mass is 10.0. The monoisotopic (exact) mass is 919 g/mol. The minimum absolute atomic E-state index is 0.115. The number of H-pyrrole nitrogens is 2. The second-order valence-electron chi connectivity index (χ2n) is 18.8. The normalized spacial score (nSPS) is 18.7. The molecule has 0 saturated carbocycles. The summed E-state index contributed by atoms with van der Waals surface area (Å²) in [4.78, 5) is 71.9. The molecule has 2 saturated heterocycles. The number of nitrogens with one attached hydrogen (secondary N) is 4. The highest BCUT2D eigenvalue weighted by Gasteiger charge is 2.39. The van der Waals surface area contributed by atoms with Crippen molar-refractivity contribution in [3.8, 4) is 45.0 Å². The van der Waals surface area contributed by atoms with E-state index in [2.05, 4.69) is 110 Å². The van der Waals surface area contributed by atoms with Gasteiger partial charge >= 0.3 is 12.2 Å². The van der Waals surface area contributed by atoms with Crippen LogP contribution in [-0.4, -0.2) is 97.7 Å². The first-order valence-corrected chi connectivity index (χ1v) is 23.8. The second kappa shape index (κ2) is 19.6. The Morgan fingerprint density at radius 1 is 0.588 bits per heavy atom. The molecule has 0 spiro atoms. The lowest BCUT2D eigenvalue weighted by Crippen LogP contribution is -2.51. The number of imidazole rings is 2. The van der Waals surface area contributed by atoms with Gasteiger partial charge in [0.2, 0.25) is 11.8 Å². The molecule has 2 fully saturated rings. The summed E-state index contributed by atoms with van der Waals surface area (Å²) in [5, 5.41) is 5.45. The van der Waals surface area contributed by atoms with Crippen LogP contribution in [0, 0.1) is 11.8 Å². The minimum atomic E-state index is -0.698. The van der Waals surface area contributed by atoms with Crippen LogP contribution in [0.4, 0.5) is 9.59 Å². The number of aromatic amines is 2. The molecule has 1 unspecified atom stereocenters. The minimum Gasteiger partial charge on any atom is -0.453 e. The molecule has 5 heterocycles. The molecule has 354 valence electrons. The number of carbonyl (C=O) groups is 4. The predicted molar refractivity (Wildman–Crippen MR) is 259 cm³/mol. The van der Waals surface area contributed by atoms with Crippen LogP contribution in [0.1, 0.15) is 101 Å². The third-order valence-electron chi connectivity index (χ3n) is 14.0. The number of hydrogen-bond donors (Lipinski definition) is 4. The molecule has 3 aromatic heterocycles. The Morgan fingerprint density at radius 2 is 1.03 bits per heavy atom. The standard InChI is InChI=1S/C53H61N9O6/c1-31(2)46(58-52(65)67-5)50(63)60-27-9-13-44(60)48-54-29-39(56-48)34-15-19-36(20-16-34)41-25-26-42(62(41)43-24-23-33-11-7-8-12-38(33)43)37-21-17-35(18-22-37)40-30-55-49(57-40)45-14-10-28-61(45)51(64)47(32(3)4)59-53(66)68-6/h7-8,11-12,15-22,25-26,29-32,43-47H,9-10,13-14,23-24,27-28H2,1-6H3,(H,54,56)(H,55,57)(H,58,65)(H,59,66)/t43?,44-,45-,46-,47-/m0/s1. The first-order chi connectivity index (χ1) is 32.9. The molecular formula is C53H61N9O6. The van der Waals surface area contributed by atoms with Crippen LogP contribution in [0.3, 0.4) is 0 Å². The third kappa shape index (κ3) is 9.01. The third-order valence-corrected chi connectivity index (χ3v) is 14.0. The van der Waals surface area contributed by atoms with E-state index in [-0.39, 0.29) is 41.8 Å². The molecule has 3 aliphatic rings. The molecule has 2 aliphatic heterocycles. The van der Waals surface area contributed by atoms with Crippen molar-refractivity contribution in [1.29, 1.82) is 0 Å². The van der Waals surface area contributed by atoms with Gasteiger partial charge in [0.25, 0.3) is 0 Å². The first kappa shape index (κ1) is 46.0. The van der Waals surface area contributed by atoms with Gasteiger partial charge < -0.3 is 44.4 Å². The maximum absolute atomic E-state index is 13.7. The lowest BCUT2D eigenvalue weighted by molar-refractivity contribution is -0.136. The Morgan fingerprint density at radius 3 is 1.47 bits per heavy atom. The molecule has 0 bridgehead atoms. The van der Waals surface area contributed by atoms with E-state index in [0.717, 1.165) is 95.2 Å². The van der Waals surface area contributed by atoms with Gasteiger partial charge in [0.15, 0.2) is 0 Å². The van der Waals surface area contributed by atoms with E-state index in [4.69, 9.17) is 19.4 Å². The molecule has 4 amide bonds. The smallest absolute Gasteiger partial charge is 0.407 e.